The van der Waals surface area contributed by atoms with E-state index in [1.165, 1.54) is 23.4 Å². The van der Waals surface area contributed by atoms with E-state index in [2.05, 4.69) is 33.0 Å². The molecule has 2 heterocycles. The molecule has 0 saturated carbocycles. The summed E-state index contributed by atoms with van der Waals surface area (Å²) in [6.45, 7) is 9.81. The first-order chi connectivity index (χ1) is 17.0. The third kappa shape index (κ3) is 6.49. The van der Waals surface area contributed by atoms with E-state index in [1.54, 1.807) is 14.0 Å². The number of halogens is 1. The number of amides is 2. The lowest BCUT2D eigenvalue weighted by molar-refractivity contribution is -0.116. The summed E-state index contributed by atoms with van der Waals surface area (Å²) in [5, 5.41) is 8.45. The van der Waals surface area contributed by atoms with Gasteiger partial charge in [0.15, 0.2) is 0 Å². The molecule has 2 aromatic carbocycles. The highest BCUT2D eigenvalue weighted by Crippen LogP contribution is 2.33. The summed E-state index contributed by atoms with van der Waals surface area (Å²) in [7, 11) is 1.66. The van der Waals surface area contributed by atoms with Crippen LogP contribution in [0.15, 0.2) is 30.3 Å². The van der Waals surface area contributed by atoms with E-state index < -0.39 is 17.8 Å². The van der Waals surface area contributed by atoms with Crippen LogP contribution in [0.5, 0.6) is 5.75 Å². The normalized spacial score (nSPS) is 15.5. The molecule has 0 aliphatic carbocycles. The third-order valence-electron chi connectivity index (χ3n) is 5.79. The minimum atomic E-state index is -0.621. The fourth-order valence-electron chi connectivity index (χ4n) is 4.13. The van der Waals surface area contributed by atoms with Crippen molar-refractivity contribution in [2.24, 2.45) is 0 Å². The van der Waals surface area contributed by atoms with Crippen molar-refractivity contribution in [3.05, 3.63) is 47.3 Å². The molecule has 190 valence electrons. The molecule has 0 fully saturated rings. The molecule has 8 nitrogen and oxygen atoms in total. The fourth-order valence-corrected chi connectivity index (χ4v) is 4.13. The smallest absolute Gasteiger partial charge is 0.256 e. The molecular weight excluding hydrogens is 451 g/mol. The van der Waals surface area contributed by atoms with Gasteiger partial charge in [0, 0.05) is 31.4 Å². The Morgan fingerprint density at radius 3 is 2.71 bits per heavy atom. The summed E-state index contributed by atoms with van der Waals surface area (Å²) in [5.74, 6) is -0.504. The summed E-state index contributed by atoms with van der Waals surface area (Å²) in [4.78, 5) is 34.9. The fraction of sp³-hybridized carbons (Fsp3) is 0.423. The zero-order chi connectivity index (χ0) is 26.0. The van der Waals surface area contributed by atoms with E-state index >= 15 is 0 Å². The predicted octanol–water partition coefficient (Wildman–Crippen LogP) is 4.00. The van der Waals surface area contributed by atoms with E-state index in [1.807, 2.05) is 26.7 Å². The van der Waals surface area contributed by atoms with Gasteiger partial charge in [-0.25, -0.2) is 4.39 Å². The molecular formula is C26H35FN4O4. The topological polar surface area (TPSA) is 99.8 Å². The lowest BCUT2D eigenvalue weighted by Gasteiger charge is -2.31. The molecule has 4 rings (SSSR count). The van der Waals surface area contributed by atoms with Crippen LogP contribution in [-0.4, -0.2) is 51.4 Å². The van der Waals surface area contributed by atoms with Gasteiger partial charge in [0.1, 0.15) is 30.0 Å². The van der Waals surface area contributed by atoms with E-state index in [0.717, 1.165) is 38.1 Å². The quantitative estimate of drug-likeness (QED) is 0.534. The molecule has 9 heteroatoms. The molecule has 0 radical (unpaired) electrons. The molecule has 0 aromatic heterocycles. The van der Waals surface area contributed by atoms with Crippen molar-refractivity contribution in [3.8, 4) is 5.75 Å². The van der Waals surface area contributed by atoms with Gasteiger partial charge in [-0.3, -0.25) is 9.59 Å². The Bertz CT molecular complexity index is 1030. The first kappa shape index (κ1) is 27.6. The van der Waals surface area contributed by atoms with Gasteiger partial charge < -0.3 is 30.4 Å². The highest BCUT2D eigenvalue weighted by molar-refractivity contribution is 6.09. The minimum absolute atomic E-state index is 0.0718. The summed E-state index contributed by atoms with van der Waals surface area (Å²) >= 11 is 0. The number of anilines is 3. The van der Waals surface area contributed by atoms with Crippen LogP contribution in [0.4, 0.5) is 21.5 Å². The highest BCUT2D eigenvalue weighted by Gasteiger charge is 2.28. The number of rotatable bonds is 6. The van der Waals surface area contributed by atoms with Crippen molar-refractivity contribution in [3.63, 3.8) is 0 Å². The van der Waals surface area contributed by atoms with Crippen LogP contribution < -0.4 is 25.6 Å². The number of benzene rings is 2. The maximum atomic E-state index is 14.5. The number of hydrogen-bond acceptors (Lipinski definition) is 6. The molecule has 0 saturated heterocycles. The Labute approximate surface area is 206 Å². The Balaban J connectivity index is 0.00000103. The zero-order valence-corrected chi connectivity index (χ0v) is 20.9. The van der Waals surface area contributed by atoms with E-state index in [0.29, 0.717) is 17.9 Å². The van der Waals surface area contributed by atoms with Crippen LogP contribution in [0.3, 0.4) is 0 Å². The Morgan fingerprint density at radius 1 is 1.26 bits per heavy atom. The number of fused-ring (bicyclic) bond motifs is 2. The van der Waals surface area contributed by atoms with Crippen LogP contribution in [0.25, 0.3) is 0 Å². The first-order valence-electron chi connectivity index (χ1n) is 11.9. The number of hydrogen-bond donors (Lipinski definition) is 3. The Hall–Kier alpha value is -3.62. The van der Waals surface area contributed by atoms with Crippen molar-refractivity contribution in [2.75, 3.05) is 42.3 Å². The number of carbonyl (C=O) groups excluding carboxylic acids is 3. The van der Waals surface area contributed by atoms with Gasteiger partial charge in [0.25, 0.3) is 5.91 Å². The zero-order valence-electron chi connectivity index (χ0n) is 20.9. The van der Waals surface area contributed by atoms with Crippen molar-refractivity contribution in [1.82, 2.24) is 5.32 Å². The summed E-state index contributed by atoms with van der Waals surface area (Å²) < 4.78 is 19.8. The second kappa shape index (κ2) is 13.3. The standard InChI is InChI=1S/C23H27FN4O3.C2H6.CH2O/c1-14-22(29)27-18-9-8-17(24)20(21(18)26-14)23(30)25-10-4-12-28-11-3-5-15-6-7-16(31-2)13-19(15)28;2*1-2/h6-9,13-14,26H,3-5,10-12H2,1-2H3,(H,25,30)(H,27,29);1-2H3;1H2. The number of aryl methyl sites for hydroxylation is 1. The Kier molecular flexibility index (Phi) is 10.5. The SMILES string of the molecule is C=O.CC.COc1ccc2c(c1)N(CCCNC(=O)c1c(F)ccc3c1NC(C)C(=O)N3)CCC2. The predicted molar refractivity (Wildman–Crippen MR) is 137 cm³/mol. The average molecular weight is 487 g/mol. The molecule has 2 aromatic rings. The van der Waals surface area contributed by atoms with E-state index in [4.69, 9.17) is 9.53 Å². The van der Waals surface area contributed by atoms with Gasteiger partial charge in [-0.15, -0.1) is 0 Å². The molecule has 2 amide bonds. The van der Waals surface area contributed by atoms with Gasteiger partial charge in [-0.1, -0.05) is 19.9 Å². The van der Waals surface area contributed by atoms with Crippen molar-refractivity contribution >= 4 is 35.7 Å². The van der Waals surface area contributed by atoms with Gasteiger partial charge >= 0.3 is 0 Å². The highest BCUT2D eigenvalue weighted by atomic mass is 19.1. The average Bonchev–Trinajstić information content (AvgIpc) is 2.89. The molecule has 3 N–H and O–H groups in total. The van der Waals surface area contributed by atoms with E-state index in [-0.39, 0.29) is 11.5 Å². The second-order valence-electron chi connectivity index (χ2n) is 7.89. The van der Waals surface area contributed by atoms with Crippen LogP contribution in [-0.2, 0) is 16.0 Å². The summed E-state index contributed by atoms with van der Waals surface area (Å²) in [6.07, 6.45) is 2.86. The first-order valence-corrected chi connectivity index (χ1v) is 11.9. The molecule has 2 aliphatic rings. The Morgan fingerprint density at radius 2 is 2.00 bits per heavy atom. The number of nitrogens with zero attached hydrogens (tertiary/aromatic N) is 1. The maximum Gasteiger partial charge on any atom is 0.256 e. The van der Waals surface area contributed by atoms with Crippen molar-refractivity contribution in [1.29, 1.82) is 0 Å². The van der Waals surface area contributed by atoms with Crippen LogP contribution in [0.2, 0.25) is 0 Å². The third-order valence-corrected chi connectivity index (χ3v) is 5.79. The van der Waals surface area contributed by atoms with Crippen LogP contribution >= 0.6 is 0 Å². The number of carbonyl (C=O) groups is 3. The van der Waals surface area contributed by atoms with E-state index in [9.17, 15) is 14.0 Å². The van der Waals surface area contributed by atoms with Gasteiger partial charge in [0.2, 0.25) is 5.91 Å². The molecule has 0 bridgehead atoms. The van der Waals surface area contributed by atoms with Crippen LogP contribution in [0.1, 0.15) is 49.5 Å². The largest absolute Gasteiger partial charge is 0.497 e. The minimum Gasteiger partial charge on any atom is -0.497 e. The lowest BCUT2D eigenvalue weighted by Crippen LogP contribution is -2.38. The monoisotopic (exact) mass is 486 g/mol. The number of nitrogens with one attached hydrogen (secondary N) is 3. The summed E-state index contributed by atoms with van der Waals surface area (Å²) in [6, 6.07) is 8.26. The summed E-state index contributed by atoms with van der Waals surface area (Å²) in [5.41, 5.74) is 3.14. The molecule has 2 aliphatic heterocycles. The van der Waals surface area contributed by atoms with Crippen molar-refractivity contribution < 1.29 is 23.5 Å². The lowest BCUT2D eigenvalue weighted by atomic mass is 10.0. The second-order valence-corrected chi connectivity index (χ2v) is 7.89. The van der Waals surface area contributed by atoms with Crippen molar-refractivity contribution in [2.45, 2.75) is 46.1 Å². The molecule has 35 heavy (non-hydrogen) atoms. The number of methoxy groups -OCH3 is 1. The number of ether oxygens (including phenoxy) is 1. The maximum absolute atomic E-state index is 14.5. The molecule has 1 unspecified atom stereocenters. The van der Waals surface area contributed by atoms with Gasteiger partial charge in [-0.2, -0.15) is 0 Å². The van der Waals surface area contributed by atoms with Crippen LogP contribution in [0, 0.1) is 5.82 Å². The molecule has 1 atom stereocenters. The van der Waals surface area contributed by atoms with Gasteiger partial charge in [0.05, 0.1) is 18.5 Å². The van der Waals surface area contributed by atoms with Gasteiger partial charge in [-0.05, 0) is 49.9 Å². The molecule has 0 spiro atoms.